The molecule has 0 aromatic heterocycles. The minimum Gasteiger partial charge on any atom is -0.497 e. The normalized spacial score (nSPS) is 21.0. The van der Waals surface area contributed by atoms with Gasteiger partial charge in [-0.2, -0.15) is 0 Å². The monoisotopic (exact) mass is 440 g/mol. The van der Waals surface area contributed by atoms with Crippen LogP contribution in [0.2, 0.25) is 0 Å². The molecule has 2 aliphatic heterocycles. The Labute approximate surface area is 178 Å². The highest BCUT2D eigenvalue weighted by Crippen LogP contribution is 2.24. The molecule has 10 heteroatoms. The summed E-state index contributed by atoms with van der Waals surface area (Å²) >= 11 is 0. The molecule has 168 valence electrons. The zero-order valence-electron chi connectivity index (χ0n) is 17.7. The van der Waals surface area contributed by atoms with Gasteiger partial charge in [-0.05, 0) is 31.4 Å². The standard InChI is InChI=1S/C20H32N4O5S/c1-28-19-5-3-4-16(14-19)22-20(25)21-9-11-24(17-7-12-29-13-8-17)18-6-10-23(15-18)30(2,26)27/h3-5,14,17-18H,6-13,15H2,1-2H3,(H2,21,22,25). The summed E-state index contributed by atoms with van der Waals surface area (Å²) in [6, 6.07) is 7.41. The zero-order valence-corrected chi connectivity index (χ0v) is 18.5. The molecule has 1 atom stereocenters. The molecule has 9 nitrogen and oxygen atoms in total. The van der Waals surface area contributed by atoms with E-state index in [9.17, 15) is 13.2 Å². The van der Waals surface area contributed by atoms with Gasteiger partial charge < -0.3 is 20.1 Å². The van der Waals surface area contributed by atoms with E-state index in [2.05, 4.69) is 15.5 Å². The maximum absolute atomic E-state index is 12.3. The number of carbonyl (C=O) groups is 1. The van der Waals surface area contributed by atoms with Crippen LogP contribution >= 0.6 is 0 Å². The number of benzene rings is 1. The van der Waals surface area contributed by atoms with Crippen molar-refractivity contribution < 1.29 is 22.7 Å². The van der Waals surface area contributed by atoms with Crippen molar-refractivity contribution in [1.82, 2.24) is 14.5 Å². The number of hydrogen-bond acceptors (Lipinski definition) is 6. The summed E-state index contributed by atoms with van der Waals surface area (Å²) < 4.78 is 36.0. The van der Waals surface area contributed by atoms with E-state index in [4.69, 9.17) is 9.47 Å². The van der Waals surface area contributed by atoms with Gasteiger partial charge in [-0.3, -0.25) is 4.90 Å². The lowest BCUT2D eigenvalue weighted by molar-refractivity contribution is 0.0197. The quantitative estimate of drug-likeness (QED) is 0.633. The van der Waals surface area contributed by atoms with Crippen molar-refractivity contribution in [3.8, 4) is 5.75 Å². The van der Waals surface area contributed by atoms with Crippen LogP contribution in [0, 0.1) is 0 Å². The highest BCUT2D eigenvalue weighted by molar-refractivity contribution is 7.88. The SMILES string of the molecule is COc1cccc(NC(=O)NCCN(C2CCOCC2)C2CCN(S(C)(=O)=O)C2)c1. The largest absolute Gasteiger partial charge is 0.497 e. The molecule has 0 spiro atoms. The third-order valence-electron chi connectivity index (χ3n) is 5.71. The van der Waals surface area contributed by atoms with Gasteiger partial charge in [0.25, 0.3) is 0 Å². The molecule has 0 saturated carbocycles. The molecule has 2 amide bonds. The average molecular weight is 441 g/mol. The molecular formula is C20H32N4O5S. The van der Waals surface area contributed by atoms with E-state index in [0.29, 0.717) is 56.9 Å². The predicted molar refractivity (Wildman–Crippen MR) is 115 cm³/mol. The Morgan fingerprint density at radius 1 is 1.27 bits per heavy atom. The number of nitrogens with zero attached hydrogens (tertiary/aromatic N) is 2. The van der Waals surface area contributed by atoms with Crippen molar-refractivity contribution in [3.63, 3.8) is 0 Å². The minimum atomic E-state index is -3.18. The summed E-state index contributed by atoms with van der Waals surface area (Å²) in [6.45, 7) is 3.63. The molecule has 2 aliphatic rings. The Morgan fingerprint density at radius 2 is 2.03 bits per heavy atom. The van der Waals surface area contributed by atoms with Crippen LogP contribution in [0.1, 0.15) is 19.3 Å². The van der Waals surface area contributed by atoms with Crippen LogP contribution < -0.4 is 15.4 Å². The van der Waals surface area contributed by atoms with Crippen LogP contribution in [0.3, 0.4) is 0 Å². The molecule has 2 saturated heterocycles. The summed E-state index contributed by atoms with van der Waals surface area (Å²) in [7, 11) is -1.60. The number of ether oxygens (including phenoxy) is 2. The summed E-state index contributed by atoms with van der Waals surface area (Å²) in [4.78, 5) is 14.6. The fourth-order valence-electron chi connectivity index (χ4n) is 4.14. The first kappa shape index (κ1) is 22.8. The van der Waals surface area contributed by atoms with Gasteiger partial charge in [-0.15, -0.1) is 0 Å². The molecule has 1 aromatic carbocycles. The lowest BCUT2D eigenvalue weighted by Crippen LogP contribution is -2.50. The number of anilines is 1. The van der Waals surface area contributed by atoms with Crippen molar-refractivity contribution in [1.29, 1.82) is 0 Å². The molecule has 0 radical (unpaired) electrons. The number of methoxy groups -OCH3 is 1. The van der Waals surface area contributed by atoms with Crippen molar-refractivity contribution in [2.45, 2.75) is 31.3 Å². The van der Waals surface area contributed by atoms with Crippen molar-refractivity contribution in [2.24, 2.45) is 0 Å². The maximum atomic E-state index is 12.3. The Kier molecular flexibility index (Phi) is 7.93. The van der Waals surface area contributed by atoms with E-state index in [1.807, 2.05) is 12.1 Å². The van der Waals surface area contributed by atoms with Gasteiger partial charge in [0.15, 0.2) is 0 Å². The van der Waals surface area contributed by atoms with Gasteiger partial charge in [0, 0.05) is 63.2 Å². The highest BCUT2D eigenvalue weighted by Gasteiger charge is 2.35. The third kappa shape index (κ3) is 6.31. The maximum Gasteiger partial charge on any atom is 0.319 e. The predicted octanol–water partition coefficient (Wildman–Crippen LogP) is 1.33. The third-order valence-corrected chi connectivity index (χ3v) is 6.98. The lowest BCUT2D eigenvalue weighted by Gasteiger charge is -2.38. The first-order valence-electron chi connectivity index (χ1n) is 10.3. The van der Waals surface area contributed by atoms with Crippen LogP contribution in [-0.2, 0) is 14.8 Å². The topological polar surface area (TPSA) is 100 Å². The van der Waals surface area contributed by atoms with E-state index in [1.54, 1.807) is 23.5 Å². The second kappa shape index (κ2) is 10.4. The van der Waals surface area contributed by atoms with Crippen LogP contribution in [0.5, 0.6) is 5.75 Å². The van der Waals surface area contributed by atoms with Gasteiger partial charge in [-0.1, -0.05) is 6.07 Å². The number of hydrogen-bond donors (Lipinski definition) is 2. The highest BCUT2D eigenvalue weighted by atomic mass is 32.2. The lowest BCUT2D eigenvalue weighted by atomic mass is 10.0. The average Bonchev–Trinajstić information content (AvgIpc) is 3.22. The van der Waals surface area contributed by atoms with Crippen LogP contribution in [0.4, 0.5) is 10.5 Å². The summed E-state index contributed by atoms with van der Waals surface area (Å²) in [5.41, 5.74) is 0.660. The first-order chi connectivity index (χ1) is 14.4. The summed E-state index contributed by atoms with van der Waals surface area (Å²) in [6.07, 6.45) is 3.91. The molecule has 1 aromatic rings. The van der Waals surface area contributed by atoms with Crippen LogP contribution in [0.15, 0.2) is 24.3 Å². The van der Waals surface area contributed by atoms with Crippen LogP contribution in [0.25, 0.3) is 0 Å². The fourth-order valence-corrected chi connectivity index (χ4v) is 5.02. The number of carbonyl (C=O) groups excluding carboxylic acids is 1. The van der Waals surface area contributed by atoms with E-state index in [1.165, 1.54) is 6.26 Å². The molecule has 3 rings (SSSR count). The molecule has 2 N–H and O–H groups in total. The number of nitrogens with one attached hydrogen (secondary N) is 2. The number of amides is 2. The molecule has 30 heavy (non-hydrogen) atoms. The second-order valence-corrected chi connectivity index (χ2v) is 9.74. The van der Waals surface area contributed by atoms with Crippen LogP contribution in [-0.4, -0.2) is 88.5 Å². The van der Waals surface area contributed by atoms with Crippen molar-refractivity contribution >= 4 is 21.7 Å². The van der Waals surface area contributed by atoms with E-state index >= 15 is 0 Å². The van der Waals surface area contributed by atoms with Gasteiger partial charge in [0.1, 0.15) is 5.75 Å². The molecule has 1 unspecified atom stereocenters. The molecule has 0 bridgehead atoms. The van der Waals surface area contributed by atoms with Crippen molar-refractivity contribution in [2.75, 3.05) is 58.1 Å². The molecule has 2 fully saturated rings. The van der Waals surface area contributed by atoms with Crippen molar-refractivity contribution in [3.05, 3.63) is 24.3 Å². The Balaban J connectivity index is 1.55. The number of urea groups is 1. The minimum absolute atomic E-state index is 0.158. The first-order valence-corrected chi connectivity index (χ1v) is 12.2. The summed E-state index contributed by atoms with van der Waals surface area (Å²) in [5.74, 6) is 0.676. The Hall–Kier alpha value is -1.88. The van der Waals surface area contributed by atoms with Gasteiger partial charge >= 0.3 is 6.03 Å². The van der Waals surface area contributed by atoms with Gasteiger partial charge in [0.2, 0.25) is 10.0 Å². The Morgan fingerprint density at radius 3 is 2.70 bits per heavy atom. The zero-order chi connectivity index (χ0) is 21.6. The van der Waals surface area contributed by atoms with Gasteiger partial charge in [0.05, 0.1) is 13.4 Å². The second-order valence-electron chi connectivity index (χ2n) is 7.76. The molecule has 2 heterocycles. The molecular weight excluding hydrogens is 408 g/mol. The van der Waals surface area contributed by atoms with Gasteiger partial charge in [-0.25, -0.2) is 17.5 Å². The molecule has 0 aliphatic carbocycles. The fraction of sp³-hybridized carbons (Fsp3) is 0.650. The number of rotatable bonds is 8. The number of sulfonamides is 1. The van der Waals surface area contributed by atoms with E-state index < -0.39 is 10.0 Å². The Bertz CT molecular complexity index is 813. The van der Waals surface area contributed by atoms with E-state index in [-0.39, 0.29) is 12.1 Å². The van der Waals surface area contributed by atoms with E-state index in [0.717, 1.165) is 19.3 Å². The smallest absolute Gasteiger partial charge is 0.319 e. The summed E-state index contributed by atoms with van der Waals surface area (Å²) in [5, 5.41) is 5.72.